The Morgan fingerprint density at radius 3 is 2.79 bits per heavy atom. The first-order valence-corrected chi connectivity index (χ1v) is 7.23. The first-order valence-electron chi connectivity index (χ1n) is 6.83. The van der Waals surface area contributed by atoms with Crippen molar-refractivity contribution in [3.8, 4) is 0 Å². The van der Waals surface area contributed by atoms with Gasteiger partial charge in [-0.2, -0.15) is 0 Å². The van der Waals surface area contributed by atoms with Crippen molar-refractivity contribution in [2.24, 2.45) is 13.0 Å². The Labute approximate surface area is 120 Å². The van der Waals surface area contributed by atoms with E-state index in [4.69, 9.17) is 12.2 Å². The lowest BCUT2D eigenvalue weighted by molar-refractivity contribution is 0.655. The smallest absolute Gasteiger partial charge is 0.0785 e. The van der Waals surface area contributed by atoms with Crippen molar-refractivity contribution >= 4 is 28.1 Å². The third-order valence-corrected chi connectivity index (χ3v) is 4.38. The van der Waals surface area contributed by atoms with Crippen LogP contribution in [0, 0.1) is 12.8 Å². The Morgan fingerprint density at radius 1 is 1.42 bits per heavy atom. The number of aryl methyl sites for hydroxylation is 2. The maximum atomic E-state index is 5.39. The molecule has 1 N–H and O–H groups in total. The molecule has 2 nitrogen and oxygen atoms in total. The van der Waals surface area contributed by atoms with Crippen LogP contribution in [-0.2, 0) is 13.5 Å². The van der Waals surface area contributed by atoms with E-state index in [1.54, 1.807) is 0 Å². The van der Waals surface area contributed by atoms with Gasteiger partial charge in [-0.1, -0.05) is 25.2 Å². The molecule has 102 valence electrons. The van der Waals surface area contributed by atoms with Crippen molar-refractivity contribution in [3.05, 3.63) is 35.5 Å². The first-order chi connectivity index (χ1) is 9.06. The van der Waals surface area contributed by atoms with Crippen LogP contribution in [0.4, 0.5) is 0 Å². The van der Waals surface area contributed by atoms with Gasteiger partial charge in [0.15, 0.2) is 0 Å². The minimum Gasteiger partial charge on any atom is -0.382 e. The van der Waals surface area contributed by atoms with Gasteiger partial charge >= 0.3 is 0 Å². The number of fused-ring (bicyclic) bond motifs is 1. The molecular weight excluding hydrogens is 252 g/mol. The van der Waals surface area contributed by atoms with Crippen LogP contribution in [0.5, 0.6) is 0 Å². The van der Waals surface area contributed by atoms with E-state index < -0.39 is 0 Å². The third-order valence-electron chi connectivity index (χ3n) is 3.85. The topological polar surface area (TPSA) is 17.0 Å². The average Bonchev–Trinajstić information content (AvgIpc) is 2.70. The number of hydrogen-bond donors (Lipinski definition) is 1. The number of nitrogens with one attached hydrogen (secondary N) is 1. The fourth-order valence-electron chi connectivity index (χ4n) is 2.67. The SMILES string of the molecule is CCC(Cc1ccc2c(c1)c(C)cn2C)C(=S)NC. The highest BCUT2D eigenvalue weighted by molar-refractivity contribution is 7.80. The van der Waals surface area contributed by atoms with Gasteiger partial charge in [0.05, 0.1) is 4.99 Å². The summed E-state index contributed by atoms with van der Waals surface area (Å²) in [5, 5.41) is 4.47. The Bertz CT molecular complexity index is 598. The number of aromatic nitrogens is 1. The number of benzene rings is 1. The van der Waals surface area contributed by atoms with Gasteiger partial charge in [-0.3, -0.25) is 0 Å². The molecular formula is C16H22N2S. The quantitative estimate of drug-likeness (QED) is 0.858. The molecule has 1 atom stereocenters. The van der Waals surface area contributed by atoms with E-state index >= 15 is 0 Å². The Balaban J connectivity index is 2.30. The predicted octanol–water partition coefficient (Wildman–Crippen LogP) is 3.60. The van der Waals surface area contributed by atoms with Crippen LogP contribution in [0.2, 0.25) is 0 Å². The lowest BCUT2D eigenvalue weighted by Crippen LogP contribution is -2.26. The van der Waals surface area contributed by atoms with Crippen molar-refractivity contribution in [2.75, 3.05) is 7.05 Å². The summed E-state index contributed by atoms with van der Waals surface area (Å²) in [6, 6.07) is 6.75. The average molecular weight is 274 g/mol. The largest absolute Gasteiger partial charge is 0.382 e. The van der Waals surface area contributed by atoms with E-state index in [2.05, 4.69) is 55.2 Å². The monoisotopic (exact) mass is 274 g/mol. The zero-order chi connectivity index (χ0) is 14.0. The van der Waals surface area contributed by atoms with Gasteiger partial charge in [0, 0.05) is 37.1 Å². The fourth-order valence-corrected chi connectivity index (χ4v) is 2.92. The second-order valence-corrected chi connectivity index (χ2v) is 5.64. The van der Waals surface area contributed by atoms with Crippen LogP contribution in [0.1, 0.15) is 24.5 Å². The molecule has 0 saturated heterocycles. The molecule has 0 fully saturated rings. The van der Waals surface area contributed by atoms with Crippen molar-refractivity contribution in [2.45, 2.75) is 26.7 Å². The second kappa shape index (κ2) is 5.74. The molecule has 19 heavy (non-hydrogen) atoms. The van der Waals surface area contributed by atoms with Crippen LogP contribution in [0.25, 0.3) is 10.9 Å². The van der Waals surface area contributed by atoms with Gasteiger partial charge in [-0.05, 0) is 43.0 Å². The highest BCUT2D eigenvalue weighted by Gasteiger charge is 2.13. The lowest BCUT2D eigenvalue weighted by Gasteiger charge is -2.16. The van der Waals surface area contributed by atoms with Crippen molar-refractivity contribution < 1.29 is 0 Å². The molecule has 1 aromatic carbocycles. The standard InChI is InChI=1S/C16H22N2S/c1-5-13(16(19)17-3)8-12-6-7-15-14(9-12)11(2)10-18(15)4/h6-7,9-10,13H,5,8H2,1-4H3,(H,17,19). The molecule has 1 unspecified atom stereocenters. The lowest BCUT2D eigenvalue weighted by atomic mass is 9.95. The molecule has 0 spiro atoms. The summed E-state index contributed by atoms with van der Waals surface area (Å²) in [5.41, 5.74) is 4.00. The normalized spacial score (nSPS) is 12.6. The number of thiocarbonyl (C=S) groups is 1. The van der Waals surface area contributed by atoms with Crippen LogP contribution < -0.4 is 5.32 Å². The number of hydrogen-bond acceptors (Lipinski definition) is 1. The summed E-state index contributed by atoms with van der Waals surface area (Å²) in [5.74, 6) is 0.432. The van der Waals surface area contributed by atoms with Gasteiger partial charge in [0.1, 0.15) is 0 Å². The Kier molecular flexibility index (Phi) is 4.25. The maximum Gasteiger partial charge on any atom is 0.0785 e. The fraction of sp³-hybridized carbons (Fsp3) is 0.438. The summed E-state index contributed by atoms with van der Waals surface area (Å²) in [6.07, 6.45) is 4.27. The predicted molar refractivity (Wildman–Crippen MR) is 86.8 cm³/mol. The van der Waals surface area contributed by atoms with Crippen LogP contribution in [-0.4, -0.2) is 16.6 Å². The van der Waals surface area contributed by atoms with Crippen molar-refractivity contribution in [1.29, 1.82) is 0 Å². The van der Waals surface area contributed by atoms with Gasteiger partial charge in [0.25, 0.3) is 0 Å². The minimum absolute atomic E-state index is 0.432. The third kappa shape index (κ3) is 2.81. The molecule has 0 bridgehead atoms. The Hall–Kier alpha value is -1.35. The van der Waals surface area contributed by atoms with Gasteiger partial charge in [0.2, 0.25) is 0 Å². The van der Waals surface area contributed by atoms with Crippen molar-refractivity contribution in [3.63, 3.8) is 0 Å². The van der Waals surface area contributed by atoms with E-state index in [-0.39, 0.29) is 0 Å². The van der Waals surface area contributed by atoms with E-state index in [0.29, 0.717) is 5.92 Å². The summed E-state index contributed by atoms with van der Waals surface area (Å²) in [7, 11) is 4.01. The van der Waals surface area contributed by atoms with Gasteiger partial charge < -0.3 is 9.88 Å². The molecule has 0 saturated carbocycles. The van der Waals surface area contributed by atoms with E-state index in [0.717, 1.165) is 17.8 Å². The molecule has 2 aromatic rings. The zero-order valence-electron chi connectivity index (χ0n) is 12.2. The second-order valence-electron chi connectivity index (χ2n) is 5.20. The van der Waals surface area contributed by atoms with Crippen LogP contribution >= 0.6 is 12.2 Å². The summed E-state index contributed by atoms with van der Waals surface area (Å²) < 4.78 is 2.18. The maximum absolute atomic E-state index is 5.39. The highest BCUT2D eigenvalue weighted by Crippen LogP contribution is 2.23. The van der Waals surface area contributed by atoms with Crippen LogP contribution in [0.3, 0.4) is 0 Å². The molecule has 0 amide bonds. The Morgan fingerprint density at radius 2 is 2.16 bits per heavy atom. The molecule has 0 aliphatic carbocycles. The van der Waals surface area contributed by atoms with Gasteiger partial charge in [-0.15, -0.1) is 0 Å². The molecule has 0 radical (unpaired) electrons. The molecule has 1 heterocycles. The van der Waals surface area contributed by atoms with E-state index in [9.17, 15) is 0 Å². The first kappa shape index (κ1) is 14.1. The number of nitrogens with zero attached hydrogens (tertiary/aromatic N) is 1. The molecule has 3 heteroatoms. The van der Waals surface area contributed by atoms with Crippen molar-refractivity contribution in [1.82, 2.24) is 9.88 Å². The van der Waals surface area contributed by atoms with E-state index in [1.807, 2.05) is 7.05 Å². The zero-order valence-corrected chi connectivity index (χ0v) is 13.0. The molecule has 0 aliphatic heterocycles. The summed E-state index contributed by atoms with van der Waals surface area (Å²) in [4.78, 5) is 0.965. The van der Waals surface area contributed by atoms with Gasteiger partial charge in [-0.25, -0.2) is 0 Å². The highest BCUT2D eigenvalue weighted by atomic mass is 32.1. The summed E-state index contributed by atoms with van der Waals surface area (Å²) >= 11 is 5.39. The van der Waals surface area contributed by atoms with E-state index in [1.165, 1.54) is 22.0 Å². The van der Waals surface area contributed by atoms with Crippen LogP contribution in [0.15, 0.2) is 24.4 Å². The summed E-state index contributed by atoms with van der Waals surface area (Å²) in [6.45, 7) is 4.36. The number of rotatable bonds is 4. The molecule has 1 aromatic heterocycles. The molecule has 2 rings (SSSR count). The minimum atomic E-state index is 0.432. The molecule has 0 aliphatic rings.